The maximum Gasteiger partial charge on any atom is 0.320 e. The number of hydrogen-bond acceptors (Lipinski definition) is 7. The molecule has 2 aromatic heterocycles. The second-order valence-electron chi connectivity index (χ2n) is 8.65. The Bertz CT molecular complexity index is 883. The molecule has 29 heavy (non-hydrogen) atoms. The first-order valence-electron chi connectivity index (χ1n) is 9.23. The second kappa shape index (κ2) is 8.49. The number of nitrogens with zero attached hydrogens (tertiary/aromatic N) is 4. The van der Waals surface area contributed by atoms with Crippen molar-refractivity contribution < 1.29 is 19.1 Å². The molecule has 0 aromatic carbocycles. The van der Waals surface area contributed by atoms with Gasteiger partial charge in [0.1, 0.15) is 23.0 Å². The van der Waals surface area contributed by atoms with Crippen molar-refractivity contribution >= 4 is 34.7 Å². The maximum atomic E-state index is 12.8. The largest absolute Gasteiger partial charge is 0.459 e. The number of aromatic nitrogens is 4. The molecule has 0 aliphatic rings. The lowest BCUT2D eigenvalue weighted by molar-refractivity contribution is -0.175. The number of halogens is 1. The van der Waals surface area contributed by atoms with Crippen molar-refractivity contribution in [2.45, 2.75) is 65.2 Å². The second-order valence-corrected chi connectivity index (χ2v) is 9.00. The van der Waals surface area contributed by atoms with E-state index in [1.54, 1.807) is 52.2 Å². The normalized spacial score (nSPS) is 13.4. The van der Waals surface area contributed by atoms with Crippen LogP contribution in [-0.4, -0.2) is 42.7 Å². The first kappa shape index (κ1) is 22.8. The lowest BCUT2D eigenvalue weighted by Gasteiger charge is -2.28. The number of carbonyl (C=O) groups excluding carboxylic acids is 2. The number of allylic oxidation sites excluding steroid dienone is 1. The van der Waals surface area contributed by atoms with Crippen molar-refractivity contribution in [1.82, 2.24) is 19.5 Å². The number of hydrogen-bond donors (Lipinski definition) is 0. The third-order valence-electron chi connectivity index (χ3n) is 3.80. The number of rotatable bonds is 6. The molecule has 2 heterocycles. The smallest absolute Gasteiger partial charge is 0.320 e. The van der Waals surface area contributed by atoms with E-state index in [0.717, 1.165) is 0 Å². The highest BCUT2D eigenvalue weighted by atomic mass is 35.5. The van der Waals surface area contributed by atoms with Crippen molar-refractivity contribution in [3.63, 3.8) is 0 Å². The summed E-state index contributed by atoms with van der Waals surface area (Å²) in [5, 5.41) is 0.215. The molecule has 0 saturated carbocycles. The zero-order valence-corrected chi connectivity index (χ0v) is 18.4. The van der Waals surface area contributed by atoms with E-state index in [-0.39, 0.29) is 11.6 Å². The summed E-state index contributed by atoms with van der Waals surface area (Å²) in [5.74, 6) is -2.46. The fourth-order valence-electron chi connectivity index (χ4n) is 2.67. The van der Waals surface area contributed by atoms with E-state index >= 15 is 0 Å². The van der Waals surface area contributed by atoms with E-state index in [1.165, 1.54) is 12.7 Å². The summed E-state index contributed by atoms with van der Waals surface area (Å²) in [6, 6.07) is -0.476. The molecule has 9 heteroatoms. The molecular formula is C20H27ClN4O4. The molecule has 158 valence electrons. The van der Waals surface area contributed by atoms with Crippen molar-refractivity contribution in [1.29, 1.82) is 0 Å². The molecule has 0 radical (unpaired) electrons. The Balaban J connectivity index is 2.38. The summed E-state index contributed by atoms with van der Waals surface area (Å²) < 4.78 is 12.6. The molecule has 0 spiro atoms. The zero-order valence-electron chi connectivity index (χ0n) is 17.6. The van der Waals surface area contributed by atoms with Crippen LogP contribution < -0.4 is 0 Å². The number of fused-ring (bicyclic) bond motifs is 1. The molecule has 2 aromatic rings. The molecule has 0 aliphatic carbocycles. The Kier molecular flexibility index (Phi) is 6.67. The monoisotopic (exact) mass is 422 g/mol. The third-order valence-corrected chi connectivity index (χ3v) is 4.08. The van der Waals surface area contributed by atoms with Crippen LogP contribution in [0, 0.1) is 5.92 Å². The van der Waals surface area contributed by atoms with Gasteiger partial charge >= 0.3 is 11.9 Å². The Hall–Kier alpha value is -2.48. The molecule has 0 aliphatic heterocycles. The number of esters is 2. The van der Waals surface area contributed by atoms with Crippen molar-refractivity contribution in [2.24, 2.45) is 5.92 Å². The number of carbonyl (C=O) groups is 2. The highest BCUT2D eigenvalue weighted by Crippen LogP contribution is 2.28. The maximum absolute atomic E-state index is 12.8. The van der Waals surface area contributed by atoms with Gasteiger partial charge in [-0.05, 0) is 48.0 Å². The molecule has 0 N–H and O–H groups in total. The highest BCUT2D eigenvalue weighted by Gasteiger charge is 2.37. The van der Waals surface area contributed by atoms with Gasteiger partial charge in [-0.25, -0.2) is 15.0 Å². The van der Waals surface area contributed by atoms with E-state index in [1.807, 2.05) is 0 Å². The lowest BCUT2D eigenvalue weighted by atomic mass is 9.98. The highest BCUT2D eigenvalue weighted by molar-refractivity contribution is 6.33. The van der Waals surface area contributed by atoms with Gasteiger partial charge in [0.2, 0.25) is 0 Å². The summed E-state index contributed by atoms with van der Waals surface area (Å²) in [7, 11) is 0. The molecule has 0 saturated heterocycles. The van der Waals surface area contributed by atoms with Crippen molar-refractivity contribution in [2.75, 3.05) is 0 Å². The standard InChI is InChI=1S/C20H27ClN4O4/c1-8-12(25-11-24-14-15(21)22-10-23-16(14)25)9-13(17(26)28-19(2,3)4)18(27)29-20(5,6)7/h8,10-13H,1,9H2,2-7H3. The molecule has 8 nitrogen and oxygen atoms in total. The minimum atomic E-state index is -1.15. The first-order chi connectivity index (χ1) is 13.3. The van der Waals surface area contributed by atoms with Gasteiger partial charge in [-0.15, -0.1) is 6.58 Å². The van der Waals surface area contributed by atoms with E-state index in [9.17, 15) is 9.59 Å². The van der Waals surface area contributed by atoms with Crippen LogP contribution in [-0.2, 0) is 19.1 Å². The van der Waals surface area contributed by atoms with Crippen LogP contribution in [0.2, 0.25) is 5.15 Å². The molecule has 1 unspecified atom stereocenters. The van der Waals surface area contributed by atoms with Crippen LogP contribution in [0.4, 0.5) is 0 Å². The molecule has 1 atom stereocenters. The first-order valence-corrected chi connectivity index (χ1v) is 9.61. The van der Waals surface area contributed by atoms with Gasteiger partial charge in [-0.3, -0.25) is 9.59 Å². The van der Waals surface area contributed by atoms with Crippen LogP contribution in [0.3, 0.4) is 0 Å². The van der Waals surface area contributed by atoms with Crippen LogP contribution in [0.15, 0.2) is 25.3 Å². The molecule has 2 rings (SSSR count). The summed E-state index contributed by atoms with van der Waals surface area (Å²) in [5.41, 5.74) is -0.596. The Morgan fingerprint density at radius 3 is 2.14 bits per heavy atom. The van der Waals surface area contributed by atoms with Crippen LogP contribution in [0.1, 0.15) is 54.0 Å². The fourth-order valence-corrected chi connectivity index (χ4v) is 2.84. The predicted octanol–water partition coefficient (Wildman–Crippen LogP) is 3.90. The summed E-state index contributed by atoms with van der Waals surface area (Å²) >= 11 is 6.07. The number of imidazole rings is 1. The Morgan fingerprint density at radius 2 is 1.66 bits per heavy atom. The van der Waals surface area contributed by atoms with Crippen molar-refractivity contribution in [3.8, 4) is 0 Å². The van der Waals surface area contributed by atoms with Crippen LogP contribution in [0.25, 0.3) is 11.2 Å². The van der Waals surface area contributed by atoms with Gasteiger partial charge in [0.25, 0.3) is 0 Å². The fraction of sp³-hybridized carbons (Fsp3) is 0.550. The van der Waals surface area contributed by atoms with Gasteiger partial charge in [-0.2, -0.15) is 0 Å². The van der Waals surface area contributed by atoms with E-state index < -0.39 is 35.1 Å². The van der Waals surface area contributed by atoms with Gasteiger partial charge in [0, 0.05) is 0 Å². The predicted molar refractivity (Wildman–Crippen MR) is 109 cm³/mol. The zero-order chi connectivity index (χ0) is 22.0. The summed E-state index contributed by atoms with van der Waals surface area (Å²) in [6.45, 7) is 14.3. The van der Waals surface area contributed by atoms with Gasteiger partial charge in [0.15, 0.2) is 16.7 Å². The quantitative estimate of drug-likeness (QED) is 0.301. The third kappa shape index (κ3) is 6.00. The lowest BCUT2D eigenvalue weighted by Crippen LogP contribution is -2.38. The van der Waals surface area contributed by atoms with E-state index in [0.29, 0.717) is 11.2 Å². The summed E-state index contributed by atoms with van der Waals surface area (Å²) in [4.78, 5) is 37.9. The van der Waals surface area contributed by atoms with Gasteiger partial charge < -0.3 is 14.0 Å². The Labute approximate surface area is 175 Å². The average Bonchev–Trinajstić information content (AvgIpc) is 2.97. The molecule has 0 fully saturated rings. The van der Waals surface area contributed by atoms with Crippen molar-refractivity contribution in [3.05, 3.63) is 30.5 Å². The topological polar surface area (TPSA) is 96.2 Å². The Morgan fingerprint density at radius 1 is 1.10 bits per heavy atom. The molecular weight excluding hydrogens is 396 g/mol. The summed E-state index contributed by atoms with van der Waals surface area (Å²) in [6.07, 6.45) is 4.53. The molecule has 0 bridgehead atoms. The SMILES string of the molecule is C=CC(CC(C(=O)OC(C)(C)C)C(=O)OC(C)(C)C)n1cnc2c(Cl)ncnc21. The van der Waals surface area contributed by atoms with Gasteiger partial charge in [0.05, 0.1) is 12.4 Å². The van der Waals surface area contributed by atoms with Gasteiger partial charge in [-0.1, -0.05) is 17.7 Å². The minimum Gasteiger partial charge on any atom is -0.459 e. The number of ether oxygens (including phenoxy) is 2. The minimum absolute atomic E-state index is 0.0698. The van der Waals surface area contributed by atoms with Crippen LogP contribution in [0.5, 0.6) is 0 Å². The van der Waals surface area contributed by atoms with E-state index in [2.05, 4.69) is 21.5 Å². The average molecular weight is 423 g/mol. The molecule has 0 amide bonds. The van der Waals surface area contributed by atoms with E-state index in [4.69, 9.17) is 21.1 Å². The van der Waals surface area contributed by atoms with Crippen LogP contribution >= 0.6 is 11.6 Å².